The van der Waals surface area contributed by atoms with Crippen LogP contribution in [0.4, 0.5) is 0 Å². The highest BCUT2D eigenvalue weighted by Crippen LogP contribution is 2.39. The number of hydrogen-bond donors (Lipinski definition) is 1. The van der Waals surface area contributed by atoms with Crippen molar-refractivity contribution in [3.63, 3.8) is 0 Å². The lowest BCUT2D eigenvalue weighted by Gasteiger charge is -2.29. The van der Waals surface area contributed by atoms with Gasteiger partial charge in [0.2, 0.25) is 5.91 Å². The summed E-state index contributed by atoms with van der Waals surface area (Å²) in [6, 6.07) is 0.348. The molecule has 0 radical (unpaired) electrons. The van der Waals surface area contributed by atoms with E-state index in [1.54, 1.807) is 18.1 Å². The third-order valence-electron chi connectivity index (χ3n) is 5.51. The topological polar surface area (TPSA) is 54.9 Å². The fourth-order valence-electron chi connectivity index (χ4n) is 4.08. The van der Waals surface area contributed by atoms with Crippen LogP contribution in [-0.4, -0.2) is 27.7 Å². The molecule has 2 atom stereocenters. The van der Waals surface area contributed by atoms with E-state index in [0.29, 0.717) is 17.7 Å². The second kappa shape index (κ2) is 7.62. The second-order valence-electron chi connectivity index (χ2n) is 7.29. The second-order valence-corrected chi connectivity index (χ2v) is 9.34. The van der Waals surface area contributed by atoms with Gasteiger partial charge in [0.05, 0.1) is 5.75 Å². The van der Waals surface area contributed by atoms with Gasteiger partial charge in [-0.05, 0) is 50.0 Å². The van der Waals surface area contributed by atoms with Crippen LogP contribution in [0.3, 0.4) is 0 Å². The lowest BCUT2D eigenvalue weighted by Crippen LogP contribution is -2.41. The summed E-state index contributed by atoms with van der Waals surface area (Å²) in [5.41, 5.74) is 1.44. The number of thiophene rings is 1. The zero-order chi connectivity index (χ0) is 17.2. The standard InChI is InChI=1S/C19H25N3OS2/c1-12-6-2-4-8-14(12)22-16(23)10-24-18-17-13-7-3-5-9-15(13)25-19(17)21-11-20-18/h11-12,14H,2-10H2,1H3,(H,22,23)/t12-,14+/m1/s1. The Balaban J connectivity index is 1.46. The Bertz CT molecular complexity index is 773. The van der Waals surface area contributed by atoms with Crippen molar-refractivity contribution < 1.29 is 4.79 Å². The SMILES string of the molecule is C[C@@H]1CCCC[C@@H]1NC(=O)CSc1ncnc2sc3c(c12)CCCC3. The average Bonchev–Trinajstić information content (AvgIpc) is 3.01. The van der Waals surface area contributed by atoms with Crippen molar-refractivity contribution in [2.75, 3.05) is 5.75 Å². The number of carbonyl (C=O) groups is 1. The molecule has 0 spiro atoms. The molecule has 6 heteroatoms. The van der Waals surface area contributed by atoms with Crippen LogP contribution >= 0.6 is 23.1 Å². The van der Waals surface area contributed by atoms with E-state index in [-0.39, 0.29) is 5.91 Å². The minimum absolute atomic E-state index is 0.139. The zero-order valence-corrected chi connectivity index (χ0v) is 16.3. The van der Waals surface area contributed by atoms with Crippen LogP contribution in [0.5, 0.6) is 0 Å². The van der Waals surface area contributed by atoms with E-state index in [1.807, 2.05) is 11.3 Å². The highest BCUT2D eigenvalue weighted by atomic mass is 32.2. The molecule has 0 unspecified atom stereocenters. The summed E-state index contributed by atoms with van der Waals surface area (Å²) >= 11 is 3.38. The molecular weight excluding hydrogens is 350 g/mol. The van der Waals surface area contributed by atoms with Gasteiger partial charge in [-0.15, -0.1) is 11.3 Å². The van der Waals surface area contributed by atoms with Gasteiger partial charge >= 0.3 is 0 Å². The van der Waals surface area contributed by atoms with Crippen molar-refractivity contribution in [1.82, 2.24) is 15.3 Å². The van der Waals surface area contributed by atoms with Crippen molar-refractivity contribution in [3.8, 4) is 0 Å². The lowest BCUT2D eigenvalue weighted by atomic mass is 9.86. The van der Waals surface area contributed by atoms with E-state index in [4.69, 9.17) is 0 Å². The number of nitrogens with zero attached hydrogens (tertiary/aromatic N) is 2. The number of nitrogens with one attached hydrogen (secondary N) is 1. The number of amides is 1. The lowest BCUT2D eigenvalue weighted by molar-refractivity contribution is -0.119. The first kappa shape index (κ1) is 17.3. The Hall–Kier alpha value is -1.14. The van der Waals surface area contributed by atoms with Crippen molar-refractivity contribution in [1.29, 1.82) is 0 Å². The fraction of sp³-hybridized carbons (Fsp3) is 0.632. The minimum Gasteiger partial charge on any atom is -0.352 e. The van der Waals surface area contributed by atoms with Crippen LogP contribution in [0.25, 0.3) is 10.2 Å². The molecule has 0 saturated heterocycles. The largest absolute Gasteiger partial charge is 0.352 e. The number of aryl methyl sites for hydroxylation is 2. The number of hydrogen-bond acceptors (Lipinski definition) is 5. The molecular formula is C19H25N3OS2. The number of carbonyl (C=O) groups excluding carboxylic acids is 1. The molecule has 2 aromatic heterocycles. The monoisotopic (exact) mass is 375 g/mol. The van der Waals surface area contributed by atoms with E-state index in [1.165, 1.54) is 54.4 Å². The quantitative estimate of drug-likeness (QED) is 0.637. The molecule has 1 saturated carbocycles. The maximum Gasteiger partial charge on any atom is 0.230 e. The van der Waals surface area contributed by atoms with Crippen molar-refractivity contribution in [3.05, 3.63) is 16.8 Å². The van der Waals surface area contributed by atoms with E-state index >= 15 is 0 Å². The van der Waals surface area contributed by atoms with Crippen LogP contribution in [0.1, 0.15) is 55.9 Å². The first-order valence-electron chi connectivity index (χ1n) is 9.40. The predicted octanol–water partition coefficient (Wildman–Crippen LogP) is 4.36. The molecule has 2 aromatic rings. The molecule has 0 aliphatic heterocycles. The summed E-state index contributed by atoms with van der Waals surface area (Å²) in [7, 11) is 0. The Labute approximate surface area is 157 Å². The van der Waals surface area contributed by atoms with Crippen molar-refractivity contribution >= 4 is 39.2 Å². The van der Waals surface area contributed by atoms with Crippen LogP contribution in [0.15, 0.2) is 11.4 Å². The molecule has 25 heavy (non-hydrogen) atoms. The number of rotatable bonds is 4. The smallest absolute Gasteiger partial charge is 0.230 e. The first-order valence-corrected chi connectivity index (χ1v) is 11.2. The van der Waals surface area contributed by atoms with Gasteiger partial charge < -0.3 is 5.32 Å². The van der Waals surface area contributed by atoms with E-state index in [2.05, 4.69) is 22.2 Å². The molecule has 0 bridgehead atoms. The first-order chi connectivity index (χ1) is 12.2. The molecule has 1 fully saturated rings. The summed E-state index contributed by atoms with van der Waals surface area (Å²) in [5.74, 6) is 1.18. The van der Waals surface area contributed by atoms with Crippen LogP contribution in [-0.2, 0) is 17.6 Å². The Kier molecular flexibility index (Phi) is 5.27. The molecule has 2 aliphatic rings. The molecule has 134 valence electrons. The summed E-state index contributed by atoms with van der Waals surface area (Å²) < 4.78 is 0. The maximum absolute atomic E-state index is 12.4. The Morgan fingerprint density at radius 3 is 2.96 bits per heavy atom. The predicted molar refractivity (Wildman–Crippen MR) is 104 cm³/mol. The molecule has 4 rings (SSSR count). The van der Waals surface area contributed by atoms with E-state index in [9.17, 15) is 4.79 Å². The van der Waals surface area contributed by atoms with Gasteiger partial charge in [0.25, 0.3) is 0 Å². The normalized spacial score (nSPS) is 23.4. The van der Waals surface area contributed by atoms with E-state index < -0.39 is 0 Å². The fourth-order valence-corrected chi connectivity index (χ4v) is 6.21. The highest BCUT2D eigenvalue weighted by Gasteiger charge is 2.24. The average molecular weight is 376 g/mol. The molecule has 2 heterocycles. The summed E-state index contributed by atoms with van der Waals surface area (Å²) in [5, 5.41) is 5.44. The molecule has 2 aliphatic carbocycles. The Morgan fingerprint density at radius 2 is 2.08 bits per heavy atom. The van der Waals surface area contributed by atoms with Gasteiger partial charge in [-0.3, -0.25) is 4.79 Å². The van der Waals surface area contributed by atoms with Crippen LogP contribution in [0.2, 0.25) is 0 Å². The zero-order valence-electron chi connectivity index (χ0n) is 14.7. The molecule has 4 nitrogen and oxygen atoms in total. The van der Waals surface area contributed by atoms with E-state index in [0.717, 1.165) is 22.7 Å². The summed E-state index contributed by atoms with van der Waals surface area (Å²) in [4.78, 5) is 24.0. The number of thioether (sulfide) groups is 1. The van der Waals surface area contributed by atoms with Gasteiger partial charge in [0.1, 0.15) is 16.2 Å². The van der Waals surface area contributed by atoms with Crippen LogP contribution < -0.4 is 5.32 Å². The third kappa shape index (κ3) is 3.70. The summed E-state index contributed by atoms with van der Waals surface area (Å²) in [6.07, 6.45) is 11.3. The van der Waals surface area contributed by atoms with Gasteiger partial charge in [0, 0.05) is 16.3 Å². The van der Waals surface area contributed by atoms with Crippen LogP contribution in [0, 0.1) is 5.92 Å². The molecule has 0 aromatic carbocycles. The molecule has 1 N–H and O–H groups in total. The number of fused-ring (bicyclic) bond motifs is 3. The maximum atomic E-state index is 12.4. The van der Waals surface area contributed by atoms with Crippen molar-refractivity contribution in [2.24, 2.45) is 5.92 Å². The van der Waals surface area contributed by atoms with Gasteiger partial charge in [-0.25, -0.2) is 9.97 Å². The van der Waals surface area contributed by atoms with Gasteiger partial charge in [-0.2, -0.15) is 0 Å². The molecule has 1 amide bonds. The Morgan fingerprint density at radius 1 is 1.24 bits per heavy atom. The highest BCUT2D eigenvalue weighted by molar-refractivity contribution is 8.00. The van der Waals surface area contributed by atoms with Crippen molar-refractivity contribution in [2.45, 2.75) is 69.4 Å². The number of aromatic nitrogens is 2. The summed E-state index contributed by atoms with van der Waals surface area (Å²) in [6.45, 7) is 2.25. The van der Waals surface area contributed by atoms with Gasteiger partial charge in [0.15, 0.2) is 0 Å². The minimum atomic E-state index is 0.139. The third-order valence-corrected chi connectivity index (χ3v) is 7.70. The van der Waals surface area contributed by atoms with Gasteiger partial charge in [-0.1, -0.05) is 31.5 Å².